The maximum Gasteiger partial charge on any atom is 0.0790 e. The highest BCUT2D eigenvalue weighted by Crippen LogP contribution is 2.25. The van der Waals surface area contributed by atoms with Crippen molar-refractivity contribution < 1.29 is 9.84 Å². The van der Waals surface area contributed by atoms with E-state index in [0.717, 1.165) is 31.6 Å². The van der Waals surface area contributed by atoms with Crippen LogP contribution in [-0.2, 0) is 10.2 Å². The fourth-order valence-corrected chi connectivity index (χ4v) is 1.90. The molecule has 0 aliphatic rings. The second-order valence-electron chi connectivity index (χ2n) is 5.73. The van der Waals surface area contributed by atoms with Gasteiger partial charge in [-0.2, -0.15) is 0 Å². The van der Waals surface area contributed by atoms with Gasteiger partial charge >= 0.3 is 0 Å². The van der Waals surface area contributed by atoms with Crippen molar-refractivity contribution in [1.82, 2.24) is 0 Å². The summed E-state index contributed by atoms with van der Waals surface area (Å²) in [5.74, 6) is 0. The molecule has 1 N–H and O–H groups in total. The third-order valence-corrected chi connectivity index (χ3v) is 3.13. The van der Waals surface area contributed by atoms with E-state index in [-0.39, 0.29) is 11.5 Å². The van der Waals surface area contributed by atoms with E-state index in [1.807, 2.05) is 19.1 Å². The number of hydrogen-bond donors (Lipinski definition) is 1. The zero-order valence-corrected chi connectivity index (χ0v) is 12.1. The summed E-state index contributed by atoms with van der Waals surface area (Å²) in [4.78, 5) is 0. The van der Waals surface area contributed by atoms with Crippen molar-refractivity contribution in [3.8, 4) is 0 Å². The Hall–Kier alpha value is -0.860. The molecule has 1 aromatic carbocycles. The topological polar surface area (TPSA) is 29.5 Å². The zero-order chi connectivity index (χ0) is 13.6. The van der Waals surface area contributed by atoms with E-state index >= 15 is 0 Å². The average Bonchev–Trinajstić information content (AvgIpc) is 2.33. The molecule has 2 heteroatoms. The van der Waals surface area contributed by atoms with E-state index in [9.17, 15) is 5.11 Å². The van der Waals surface area contributed by atoms with Crippen molar-refractivity contribution in [2.24, 2.45) is 0 Å². The van der Waals surface area contributed by atoms with Gasteiger partial charge in [0.05, 0.1) is 6.10 Å². The first-order valence-corrected chi connectivity index (χ1v) is 6.81. The highest BCUT2D eigenvalue weighted by Gasteiger charge is 2.14. The van der Waals surface area contributed by atoms with Crippen LogP contribution in [0.5, 0.6) is 0 Å². The smallest absolute Gasteiger partial charge is 0.0790 e. The quantitative estimate of drug-likeness (QED) is 0.777. The van der Waals surface area contributed by atoms with Crippen LogP contribution in [-0.4, -0.2) is 18.3 Å². The largest absolute Gasteiger partial charge is 0.388 e. The van der Waals surface area contributed by atoms with Crippen LogP contribution in [0.25, 0.3) is 0 Å². The molecule has 102 valence electrons. The Morgan fingerprint density at radius 2 is 1.78 bits per heavy atom. The maximum absolute atomic E-state index is 10.1. The summed E-state index contributed by atoms with van der Waals surface area (Å²) < 4.78 is 5.27. The van der Waals surface area contributed by atoms with E-state index in [1.165, 1.54) is 5.56 Å². The van der Waals surface area contributed by atoms with Crippen LogP contribution in [0.3, 0.4) is 0 Å². The monoisotopic (exact) mass is 250 g/mol. The van der Waals surface area contributed by atoms with Crippen molar-refractivity contribution in [2.75, 3.05) is 13.2 Å². The molecule has 1 rings (SSSR count). The van der Waals surface area contributed by atoms with E-state index in [2.05, 4.69) is 32.9 Å². The lowest BCUT2D eigenvalue weighted by molar-refractivity contribution is 0.114. The molecule has 0 bridgehead atoms. The molecule has 0 spiro atoms. The maximum atomic E-state index is 10.1. The van der Waals surface area contributed by atoms with Gasteiger partial charge < -0.3 is 9.84 Å². The molecule has 18 heavy (non-hydrogen) atoms. The van der Waals surface area contributed by atoms with Crippen LogP contribution in [0.1, 0.15) is 57.8 Å². The van der Waals surface area contributed by atoms with Gasteiger partial charge in [0.2, 0.25) is 0 Å². The van der Waals surface area contributed by atoms with Gasteiger partial charge in [0.1, 0.15) is 0 Å². The second-order valence-corrected chi connectivity index (χ2v) is 5.73. The van der Waals surface area contributed by atoms with E-state index in [1.54, 1.807) is 0 Å². The number of ether oxygens (including phenoxy) is 1. The summed E-state index contributed by atoms with van der Waals surface area (Å²) in [6.07, 6.45) is 1.28. The van der Waals surface area contributed by atoms with E-state index < -0.39 is 0 Å². The normalized spacial score (nSPS) is 13.6. The first kappa shape index (κ1) is 15.2. The molecule has 0 aromatic heterocycles. The molecule has 0 saturated heterocycles. The summed E-state index contributed by atoms with van der Waals surface area (Å²) in [7, 11) is 0. The van der Waals surface area contributed by atoms with E-state index in [4.69, 9.17) is 4.74 Å². The van der Waals surface area contributed by atoms with Crippen molar-refractivity contribution in [2.45, 2.75) is 52.1 Å². The van der Waals surface area contributed by atoms with Gasteiger partial charge in [-0.05, 0) is 36.3 Å². The molecule has 0 fully saturated rings. The Bertz CT molecular complexity index is 335. The van der Waals surface area contributed by atoms with E-state index in [0.29, 0.717) is 0 Å². The predicted molar refractivity (Wildman–Crippen MR) is 75.8 cm³/mol. The summed E-state index contributed by atoms with van der Waals surface area (Å²) in [6.45, 7) is 10.0. The highest BCUT2D eigenvalue weighted by atomic mass is 16.5. The lowest BCUT2D eigenvalue weighted by Gasteiger charge is -2.20. The van der Waals surface area contributed by atoms with Gasteiger partial charge in [0.25, 0.3) is 0 Å². The second kappa shape index (κ2) is 6.91. The van der Waals surface area contributed by atoms with Gasteiger partial charge in [0, 0.05) is 13.2 Å². The molecule has 0 aliphatic carbocycles. The lowest BCUT2D eigenvalue weighted by Crippen LogP contribution is -2.11. The van der Waals surface area contributed by atoms with Crippen LogP contribution >= 0.6 is 0 Å². The first-order chi connectivity index (χ1) is 8.45. The fourth-order valence-electron chi connectivity index (χ4n) is 1.90. The number of aliphatic hydroxyl groups is 1. The lowest BCUT2D eigenvalue weighted by atomic mass is 9.86. The minimum absolute atomic E-state index is 0.165. The minimum atomic E-state index is -0.375. The SMILES string of the molecule is CCOCCCC(O)c1ccc(C(C)(C)C)cc1. The number of rotatable bonds is 6. The average molecular weight is 250 g/mol. The fraction of sp³-hybridized carbons (Fsp3) is 0.625. The molecule has 0 saturated carbocycles. The van der Waals surface area contributed by atoms with Crippen LogP contribution in [0.15, 0.2) is 24.3 Å². The molecule has 1 aromatic rings. The molecule has 2 nitrogen and oxygen atoms in total. The summed E-state index contributed by atoms with van der Waals surface area (Å²) >= 11 is 0. The van der Waals surface area contributed by atoms with Crippen LogP contribution in [0.2, 0.25) is 0 Å². The van der Waals surface area contributed by atoms with Gasteiger partial charge in [-0.1, -0.05) is 45.0 Å². The van der Waals surface area contributed by atoms with Crippen LogP contribution < -0.4 is 0 Å². The molecule has 0 amide bonds. The molecular formula is C16H26O2. The van der Waals surface area contributed by atoms with Gasteiger partial charge in [-0.15, -0.1) is 0 Å². The number of hydrogen-bond acceptors (Lipinski definition) is 2. The first-order valence-electron chi connectivity index (χ1n) is 6.81. The molecule has 0 radical (unpaired) electrons. The molecule has 1 atom stereocenters. The highest BCUT2D eigenvalue weighted by molar-refractivity contribution is 5.28. The molecular weight excluding hydrogens is 224 g/mol. The van der Waals surface area contributed by atoms with Crippen molar-refractivity contribution in [3.05, 3.63) is 35.4 Å². The van der Waals surface area contributed by atoms with Gasteiger partial charge in [-0.3, -0.25) is 0 Å². The standard InChI is InChI=1S/C16H26O2/c1-5-18-12-6-7-15(17)13-8-10-14(11-9-13)16(2,3)4/h8-11,15,17H,5-7,12H2,1-4H3. The summed E-state index contributed by atoms with van der Waals surface area (Å²) in [5, 5.41) is 10.1. The van der Waals surface area contributed by atoms with Crippen molar-refractivity contribution in [1.29, 1.82) is 0 Å². The predicted octanol–water partition coefficient (Wildman–Crippen LogP) is 3.83. The number of aliphatic hydroxyl groups excluding tert-OH is 1. The summed E-state index contributed by atoms with van der Waals surface area (Å²) in [5.41, 5.74) is 2.46. The van der Waals surface area contributed by atoms with Crippen LogP contribution in [0, 0.1) is 0 Å². The Morgan fingerprint density at radius 3 is 2.28 bits per heavy atom. The minimum Gasteiger partial charge on any atom is -0.388 e. The molecule has 0 aliphatic heterocycles. The molecule has 0 heterocycles. The molecule has 1 unspecified atom stereocenters. The number of benzene rings is 1. The van der Waals surface area contributed by atoms with Crippen LogP contribution in [0.4, 0.5) is 0 Å². The Kier molecular flexibility index (Phi) is 5.83. The van der Waals surface area contributed by atoms with Gasteiger partial charge in [-0.25, -0.2) is 0 Å². The van der Waals surface area contributed by atoms with Crippen molar-refractivity contribution in [3.63, 3.8) is 0 Å². The summed E-state index contributed by atoms with van der Waals surface area (Å²) in [6, 6.07) is 8.29. The zero-order valence-electron chi connectivity index (χ0n) is 12.1. The Balaban J connectivity index is 2.51. The van der Waals surface area contributed by atoms with Gasteiger partial charge in [0.15, 0.2) is 0 Å². The Labute approximate surface area is 111 Å². The third kappa shape index (κ3) is 4.79. The Morgan fingerprint density at radius 1 is 1.17 bits per heavy atom. The van der Waals surface area contributed by atoms with Crippen molar-refractivity contribution >= 4 is 0 Å². The third-order valence-electron chi connectivity index (χ3n) is 3.13.